The highest BCUT2D eigenvalue weighted by atomic mass is 16.5. The van der Waals surface area contributed by atoms with Gasteiger partial charge in [0.15, 0.2) is 0 Å². The van der Waals surface area contributed by atoms with E-state index in [0.717, 1.165) is 6.42 Å². The summed E-state index contributed by atoms with van der Waals surface area (Å²) in [5.41, 5.74) is 0.536. The Morgan fingerprint density at radius 2 is 2.21 bits per heavy atom. The summed E-state index contributed by atoms with van der Waals surface area (Å²) in [5.74, 6) is 0.311. The molecule has 104 valence electrons. The molecule has 1 saturated carbocycles. The monoisotopic (exact) mass is 263 g/mol. The number of rotatable bonds is 5. The van der Waals surface area contributed by atoms with E-state index in [1.54, 1.807) is 12.1 Å². The van der Waals surface area contributed by atoms with Crippen molar-refractivity contribution in [3.05, 3.63) is 23.8 Å². The number of nitrogens with one attached hydrogen (secondary N) is 1. The Balaban J connectivity index is 2.03. The van der Waals surface area contributed by atoms with E-state index in [-0.39, 0.29) is 22.6 Å². The Labute approximate surface area is 113 Å². The van der Waals surface area contributed by atoms with E-state index in [1.807, 2.05) is 0 Å². The second-order valence-corrected chi connectivity index (χ2v) is 5.27. The lowest BCUT2D eigenvalue weighted by Crippen LogP contribution is -2.41. The first-order valence-corrected chi connectivity index (χ1v) is 6.75. The van der Waals surface area contributed by atoms with Gasteiger partial charge in [-0.2, -0.15) is 0 Å². The maximum atomic E-state index is 12.1. The molecule has 0 aliphatic heterocycles. The van der Waals surface area contributed by atoms with Crippen LogP contribution in [-0.4, -0.2) is 24.7 Å². The number of methoxy groups -OCH3 is 1. The molecule has 0 aromatic heterocycles. The second-order valence-electron chi connectivity index (χ2n) is 5.27. The summed E-state index contributed by atoms with van der Waals surface area (Å²) in [6.07, 6.45) is 4.67. The third kappa shape index (κ3) is 2.83. The molecule has 19 heavy (non-hydrogen) atoms. The normalized spacial score (nSPS) is 16.5. The lowest BCUT2D eigenvalue weighted by Gasteiger charge is -2.41. The smallest absolute Gasteiger partial charge is 0.255 e. The van der Waals surface area contributed by atoms with E-state index in [4.69, 9.17) is 4.74 Å². The van der Waals surface area contributed by atoms with E-state index < -0.39 is 0 Å². The number of phenolic OH excluding ortho intramolecular Hbond substituents is 1. The minimum atomic E-state index is -0.240. The highest BCUT2D eigenvalue weighted by Gasteiger charge is 2.35. The van der Waals surface area contributed by atoms with Crippen molar-refractivity contribution in [3.63, 3.8) is 0 Å². The van der Waals surface area contributed by atoms with Crippen LogP contribution in [0.5, 0.6) is 11.5 Å². The first-order valence-electron chi connectivity index (χ1n) is 6.75. The fourth-order valence-corrected chi connectivity index (χ4v) is 2.52. The molecule has 1 amide bonds. The summed E-state index contributed by atoms with van der Waals surface area (Å²) in [6.45, 7) is 2.84. The Kier molecular flexibility index (Phi) is 3.98. The second kappa shape index (κ2) is 5.51. The molecule has 1 aliphatic carbocycles. The number of aromatic hydroxyl groups is 1. The molecule has 0 heterocycles. The summed E-state index contributed by atoms with van der Waals surface area (Å²) in [6, 6.07) is 4.67. The van der Waals surface area contributed by atoms with Crippen molar-refractivity contribution in [2.24, 2.45) is 5.41 Å². The minimum Gasteiger partial charge on any atom is -0.507 e. The third-order valence-corrected chi connectivity index (χ3v) is 4.24. The molecule has 0 atom stereocenters. The number of benzene rings is 1. The third-order valence-electron chi connectivity index (χ3n) is 4.24. The molecule has 0 saturated heterocycles. The molecule has 1 fully saturated rings. The van der Waals surface area contributed by atoms with Gasteiger partial charge in [0.05, 0.1) is 12.7 Å². The zero-order chi connectivity index (χ0) is 13.9. The number of carbonyl (C=O) groups is 1. The Hall–Kier alpha value is -1.71. The lowest BCUT2D eigenvalue weighted by molar-refractivity contribution is 0.0847. The van der Waals surface area contributed by atoms with Crippen molar-refractivity contribution in [1.29, 1.82) is 0 Å². The van der Waals surface area contributed by atoms with Gasteiger partial charge in [0.1, 0.15) is 11.5 Å². The number of phenols is 1. The minimum absolute atomic E-state index is 0.0162. The SMILES string of the molecule is CCC1(CNC(=O)c2cc(OC)ccc2O)CCC1. The fourth-order valence-electron chi connectivity index (χ4n) is 2.52. The van der Waals surface area contributed by atoms with Crippen LogP contribution in [-0.2, 0) is 0 Å². The number of hydrogen-bond acceptors (Lipinski definition) is 3. The van der Waals surface area contributed by atoms with Gasteiger partial charge in [-0.05, 0) is 42.9 Å². The number of amides is 1. The summed E-state index contributed by atoms with van der Waals surface area (Å²) >= 11 is 0. The van der Waals surface area contributed by atoms with Crippen molar-refractivity contribution in [1.82, 2.24) is 5.32 Å². The van der Waals surface area contributed by atoms with Crippen LogP contribution in [0.1, 0.15) is 43.0 Å². The van der Waals surface area contributed by atoms with Crippen LogP contribution in [0.3, 0.4) is 0 Å². The van der Waals surface area contributed by atoms with Crippen LogP contribution in [0.2, 0.25) is 0 Å². The first-order chi connectivity index (χ1) is 9.10. The van der Waals surface area contributed by atoms with E-state index in [9.17, 15) is 9.90 Å². The summed E-state index contributed by atoms with van der Waals surface area (Å²) in [5, 5.41) is 12.7. The summed E-state index contributed by atoms with van der Waals surface area (Å²) in [7, 11) is 1.54. The van der Waals surface area contributed by atoms with Gasteiger partial charge in [0.2, 0.25) is 0 Å². The van der Waals surface area contributed by atoms with Gasteiger partial charge in [0, 0.05) is 6.54 Å². The molecule has 1 aromatic rings. The van der Waals surface area contributed by atoms with E-state index >= 15 is 0 Å². The van der Waals surface area contributed by atoms with Crippen LogP contribution in [0.4, 0.5) is 0 Å². The molecule has 2 N–H and O–H groups in total. The van der Waals surface area contributed by atoms with Crippen molar-refractivity contribution in [2.75, 3.05) is 13.7 Å². The van der Waals surface area contributed by atoms with E-state index in [2.05, 4.69) is 12.2 Å². The standard InChI is InChI=1S/C15H21NO3/c1-3-15(7-4-8-15)10-16-14(18)12-9-11(19-2)5-6-13(12)17/h5-6,9,17H,3-4,7-8,10H2,1-2H3,(H,16,18). The quantitative estimate of drug-likeness (QED) is 0.858. The van der Waals surface area contributed by atoms with Crippen molar-refractivity contribution < 1.29 is 14.6 Å². The molecule has 4 heteroatoms. The predicted molar refractivity (Wildman–Crippen MR) is 73.6 cm³/mol. The molecule has 0 bridgehead atoms. The summed E-state index contributed by atoms with van der Waals surface area (Å²) < 4.78 is 5.07. The molecule has 0 spiro atoms. The van der Waals surface area contributed by atoms with Crippen molar-refractivity contribution in [2.45, 2.75) is 32.6 Å². The van der Waals surface area contributed by atoms with Gasteiger partial charge in [-0.1, -0.05) is 13.3 Å². The Bertz CT molecular complexity index is 461. The van der Waals surface area contributed by atoms with Crippen LogP contribution >= 0.6 is 0 Å². The molecule has 1 aliphatic rings. The van der Waals surface area contributed by atoms with E-state index in [0.29, 0.717) is 12.3 Å². The molecule has 1 aromatic carbocycles. The fraction of sp³-hybridized carbons (Fsp3) is 0.533. The predicted octanol–water partition coefficient (Wildman–Crippen LogP) is 2.71. The van der Waals surface area contributed by atoms with Crippen LogP contribution in [0.15, 0.2) is 18.2 Å². The molecule has 2 rings (SSSR count). The van der Waals surface area contributed by atoms with Gasteiger partial charge in [-0.25, -0.2) is 0 Å². The summed E-state index contributed by atoms with van der Waals surface area (Å²) in [4.78, 5) is 12.1. The molecule has 0 unspecified atom stereocenters. The van der Waals surface area contributed by atoms with Gasteiger partial charge in [0.25, 0.3) is 5.91 Å². The van der Waals surface area contributed by atoms with Crippen LogP contribution in [0.25, 0.3) is 0 Å². The topological polar surface area (TPSA) is 58.6 Å². The lowest BCUT2D eigenvalue weighted by atomic mass is 9.67. The Morgan fingerprint density at radius 3 is 2.74 bits per heavy atom. The number of ether oxygens (including phenoxy) is 1. The average Bonchev–Trinajstić information content (AvgIpc) is 2.38. The zero-order valence-electron chi connectivity index (χ0n) is 11.5. The van der Waals surface area contributed by atoms with Gasteiger partial charge in [-0.15, -0.1) is 0 Å². The first kappa shape index (κ1) is 13.7. The van der Waals surface area contributed by atoms with Crippen LogP contribution < -0.4 is 10.1 Å². The molecular formula is C15H21NO3. The van der Waals surface area contributed by atoms with Crippen molar-refractivity contribution >= 4 is 5.91 Å². The largest absolute Gasteiger partial charge is 0.507 e. The highest BCUT2D eigenvalue weighted by molar-refractivity contribution is 5.97. The van der Waals surface area contributed by atoms with Crippen LogP contribution in [0, 0.1) is 5.41 Å². The number of hydrogen-bond donors (Lipinski definition) is 2. The van der Waals surface area contributed by atoms with Gasteiger partial charge in [-0.3, -0.25) is 4.79 Å². The van der Waals surface area contributed by atoms with Gasteiger partial charge >= 0.3 is 0 Å². The molecule has 4 nitrogen and oxygen atoms in total. The molecule has 0 radical (unpaired) electrons. The zero-order valence-corrected chi connectivity index (χ0v) is 11.5. The highest BCUT2D eigenvalue weighted by Crippen LogP contribution is 2.43. The number of carbonyl (C=O) groups excluding carboxylic acids is 1. The average molecular weight is 263 g/mol. The van der Waals surface area contributed by atoms with E-state index in [1.165, 1.54) is 32.4 Å². The van der Waals surface area contributed by atoms with Gasteiger partial charge < -0.3 is 15.2 Å². The maximum Gasteiger partial charge on any atom is 0.255 e. The van der Waals surface area contributed by atoms with Crippen molar-refractivity contribution in [3.8, 4) is 11.5 Å². The Morgan fingerprint density at radius 1 is 1.47 bits per heavy atom. The maximum absolute atomic E-state index is 12.1. The molecular weight excluding hydrogens is 242 g/mol.